The van der Waals surface area contributed by atoms with E-state index in [2.05, 4.69) is 17.6 Å². The summed E-state index contributed by atoms with van der Waals surface area (Å²) in [7, 11) is 0. The molecule has 4 aliphatic carbocycles. The van der Waals surface area contributed by atoms with Crippen LogP contribution in [-0.2, 0) is 22.6 Å². The molecule has 0 radical (unpaired) electrons. The molecule has 4 bridgehead atoms. The molecule has 4 N–H and O–H groups in total. The van der Waals surface area contributed by atoms with E-state index in [1.165, 1.54) is 19.3 Å². The van der Waals surface area contributed by atoms with Crippen LogP contribution >= 0.6 is 11.8 Å². The van der Waals surface area contributed by atoms with Gasteiger partial charge in [0.15, 0.2) is 6.29 Å². The first-order chi connectivity index (χ1) is 22.8. The van der Waals surface area contributed by atoms with Crippen molar-refractivity contribution in [3.05, 3.63) is 101 Å². The molecule has 4 unspecified atom stereocenters. The van der Waals surface area contributed by atoms with Gasteiger partial charge >= 0.3 is 12.0 Å². The van der Waals surface area contributed by atoms with Crippen LogP contribution in [0.3, 0.4) is 0 Å². The second-order valence-electron chi connectivity index (χ2n) is 14.2. The molecule has 2 amide bonds. The molecule has 5 aliphatic rings. The number of hydrogen-bond donors (Lipinski definition) is 4. The topological polar surface area (TPSA) is 117 Å². The Morgan fingerprint density at radius 2 is 1.43 bits per heavy atom. The number of carboxylic acid groups (broad SMARTS) is 1. The lowest BCUT2D eigenvalue weighted by Gasteiger charge is -2.56. The normalized spacial score (nSPS) is 31.0. The fourth-order valence-corrected chi connectivity index (χ4v) is 9.77. The third kappa shape index (κ3) is 7.23. The number of urea groups is 1. The molecule has 5 fully saturated rings. The number of ether oxygens (including phenoxy) is 2. The second-order valence-corrected chi connectivity index (χ2v) is 15.3. The molecular weight excluding hydrogens is 612 g/mol. The molecule has 4 atom stereocenters. The Morgan fingerprint density at radius 3 is 2.02 bits per heavy atom. The number of rotatable bonds is 10. The van der Waals surface area contributed by atoms with Crippen molar-refractivity contribution >= 4 is 23.8 Å². The summed E-state index contributed by atoms with van der Waals surface area (Å²) in [4.78, 5) is 25.2. The summed E-state index contributed by atoms with van der Waals surface area (Å²) in [5.74, 6) is 2.11. The van der Waals surface area contributed by atoms with Gasteiger partial charge in [-0.05, 0) is 97.2 Å². The highest BCUT2D eigenvalue weighted by atomic mass is 32.2. The molecule has 8 rings (SSSR count). The first-order valence-corrected chi connectivity index (χ1v) is 17.9. The van der Waals surface area contributed by atoms with Gasteiger partial charge in [0.1, 0.15) is 0 Å². The Kier molecular flexibility index (Phi) is 9.33. The molecule has 3 aromatic rings. The molecule has 0 spiro atoms. The fourth-order valence-electron chi connectivity index (χ4n) is 8.71. The van der Waals surface area contributed by atoms with Crippen LogP contribution in [0, 0.1) is 23.7 Å². The number of nitrogens with one attached hydrogen (secondary N) is 2. The SMILES string of the molecule is CC1C(CSc2ccc(C(=O)O)cc2)OC(c2ccc(CNC(=O)NC34CC5CC(CC(C5)C3)C4)cc2)OC1c1ccc(CO)cc1. The van der Waals surface area contributed by atoms with E-state index < -0.39 is 12.3 Å². The Hall–Kier alpha value is -3.37. The number of carboxylic acids is 1. The average molecular weight is 657 g/mol. The van der Waals surface area contributed by atoms with Gasteiger partial charge in [0.05, 0.1) is 24.4 Å². The van der Waals surface area contributed by atoms with E-state index >= 15 is 0 Å². The summed E-state index contributed by atoms with van der Waals surface area (Å²) in [5.41, 5.74) is 4.02. The van der Waals surface area contributed by atoms with Crippen molar-refractivity contribution in [2.75, 3.05) is 5.75 Å². The average Bonchev–Trinajstić information content (AvgIpc) is 3.06. The maximum atomic E-state index is 13.0. The van der Waals surface area contributed by atoms with Gasteiger partial charge in [0.2, 0.25) is 0 Å². The minimum absolute atomic E-state index is 0.0127. The Bertz CT molecular complexity index is 1530. The van der Waals surface area contributed by atoms with E-state index in [9.17, 15) is 19.8 Å². The lowest BCUT2D eigenvalue weighted by atomic mass is 9.53. The van der Waals surface area contributed by atoms with Crippen LogP contribution in [0.4, 0.5) is 4.79 Å². The van der Waals surface area contributed by atoms with Crippen molar-refractivity contribution < 1.29 is 29.3 Å². The molecule has 4 saturated carbocycles. The van der Waals surface area contributed by atoms with E-state index in [0.717, 1.165) is 64.2 Å². The van der Waals surface area contributed by atoms with Gasteiger partial charge in [-0.3, -0.25) is 0 Å². The molecule has 47 heavy (non-hydrogen) atoms. The Balaban J connectivity index is 1.00. The van der Waals surface area contributed by atoms with Gasteiger partial charge in [-0.2, -0.15) is 0 Å². The highest BCUT2D eigenvalue weighted by Gasteiger charge is 2.51. The maximum absolute atomic E-state index is 13.0. The summed E-state index contributed by atoms with van der Waals surface area (Å²) in [6.45, 7) is 2.56. The molecule has 8 nitrogen and oxygen atoms in total. The van der Waals surface area contributed by atoms with Gasteiger partial charge in [-0.15, -0.1) is 11.8 Å². The first kappa shape index (κ1) is 32.2. The second kappa shape index (κ2) is 13.6. The number of benzene rings is 3. The van der Waals surface area contributed by atoms with Crippen LogP contribution in [0.15, 0.2) is 77.7 Å². The van der Waals surface area contributed by atoms with Gasteiger partial charge in [0, 0.05) is 34.2 Å². The van der Waals surface area contributed by atoms with Crippen LogP contribution in [0.2, 0.25) is 0 Å². The predicted molar refractivity (Wildman–Crippen MR) is 180 cm³/mol. The predicted octanol–water partition coefficient (Wildman–Crippen LogP) is 7.23. The number of thioether (sulfide) groups is 1. The van der Waals surface area contributed by atoms with Crippen LogP contribution in [-0.4, -0.2) is 39.6 Å². The van der Waals surface area contributed by atoms with Crippen molar-refractivity contribution in [2.24, 2.45) is 23.7 Å². The minimum atomic E-state index is -0.941. The van der Waals surface area contributed by atoms with Crippen molar-refractivity contribution in [3.8, 4) is 0 Å². The highest BCUT2D eigenvalue weighted by molar-refractivity contribution is 7.99. The summed E-state index contributed by atoms with van der Waals surface area (Å²) < 4.78 is 13.2. The number of aliphatic hydroxyl groups is 1. The van der Waals surface area contributed by atoms with Crippen LogP contribution in [0.25, 0.3) is 0 Å². The number of amides is 2. The monoisotopic (exact) mass is 656 g/mol. The fraction of sp³-hybridized carbons (Fsp3) is 0.474. The van der Waals surface area contributed by atoms with Crippen LogP contribution in [0.5, 0.6) is 0 Å². The highest BCUT2D eigenvalue weighted by Crippen LogP contribution is 2.55. The Morgan fingerprint density at radius 1 is 0.830 bits per heavy atom. The molecular formula is C38H44N2O6S. The number of aromatic carboxylic acids is 1. The largest absolute Gasteiger partial charge is 0.478 e. The van der Waals surface area contributed by atoms with Crippen molar-refractivity contribution in [2.45, 2.75) is 87.5 Å². The van der Waals surface area contributed by atoms with Crippen molar-refractivity contribution in [1.29, 1.82) is 0 Å². The van der Waals surface area contributed by atoms with Crippen LogP contribution in [0.1, 0.15) is 90.5 Å². The van der Waals surface area contributed by atoms with E-state index in [1.54, 1.807) is 23.9 Å². The zero-order valence-electron chi connectivity index (χ0n) is 26.8. The van der Waals surface area contributed by atoms with Gasteiger partial charge < -0.3 is 30.3 Å². The van der Waals surface area contributed by atoms with Gasteiger partial charge in [-0.1, -0.05) is 55.5 Å². The summed E-state index contributed by atoms with van der Waals surface area (Å²) in [6, 6.07) is 22.7. The molecule has 0 aromatic heterocycles. The minimum Gasteiger partial charge on any atom is -0.478 e. The molecule has 3 aromatic carbocycles. The lowest BCUT2D eigenvalue weighted by Crippen LogP contribution is -2.61. The molecule has 1 aliphatic heterocycles. The summed E-state index contributed by atoms with van der Waals surface area (Å²) >= 11 is 1.63. The quantitative estimate of drug-likeness (QED) is 0.170. The summed E-state index contributed by atoms with van der Waals surface area (Å²) in [6.07, 6.45) is 6.47. The lowest BCUT2D eigenvalue weighted by molar-refractivity contribution is -0.268. The zero-order chi connectivity index (χ0) is 32.5. The van der Waals surface area contributed by atoms with Crippen molar-refractivity contribution in [1.82, 2.24) is 10.6 Å². The van der Waals surface area contributed by atoms with Gasteiger partial charge in [0.25, 0.3) is 0 Å². The molecule has 1 heterocycles. The number of hydrogen-bond acceptors (Lipinski definition) is 6. The number of aliphatic hydroxyl groups excluding tert-OH is 1. The van der Waals surface area contributed by atoms with E-state index in [4.69, 9.17) is 9.47 Å². The maximum Gasteiger partial charge on any atom is 0.335 e. The van der Waals surface area contributed by atoms with Gasteiger partial charge in [-0.25, -0.2) is 9.59 Å². The molecule has 248 valence electrons. The standard InChI is InChI=1S/C38H44N2O6S/c1-23-33(22-47-32-12-10-30(11-13-32)35(42)43)45-36(46-34(23)29-6-4-25(21-41)5-7-29)31-8-2-24(3-9-31)20-39-37(44)40-38-17-26-14-27(18-38)16-28(15-26)19-38/h2-13,23,26-28,33-34,36,41H,14-22H2,1H3,(H,42,43)(H2,39,40,44). The molecule has 1 saturated heterocycles. The third-order valence-electron chi connectivity index (χ3n) is 10.8. The van der Waals surface area contributed by atoms with Crippen LogP contribution < -0.4 is 10.6 Å². The first-order valence-electron chi connectivity index (χ1n) is 16.9. The third-order valence-corrected chi connectivity index (χ3v) is 11.9. The zero-order valence-corrected chi connectivity index (χ0v) is 27.6. The Labute approximate surface area is 280 Å². The van der Waals surface area contributed by atoms with E-state index in [1.807, 2.05) is 60.7 Å². The van der Waals surface area contributed by atoms with Crippen molar-refractivity contribution in [3.63, 3.8) is 0 Å². The van der Waals surface area contributed by atoms with E-state index in [-0.39, 0.29) is 41.9 Å². The summed E-state index contributed by atoms with van der Waals surface area (Å²) in [5, 5.41) is 25.3. The number of carbonyl (C=O) groups excluding carboxylic acids is 1. The number of carbonyl (C=O) groups is 2. The van der Waals surface area contributed by atoms with E-state index in [0.29, 0.717) is 12.3 Å². The smallest absolute Gasteiger partial charge is 0.335 e. The molecule has 9 heteroatoms.